The van der Waals surface area contributed by atoms with Crippen LogP contribution in [0.2, 0.25) is 0 Å². The van der Waals surface area contributed by atoms with Crippen molar-refractivity contribution in [1.82, 2.24) is 19.1 Å². The first-order valence-corrected chi connectivity index (χ1v) is 10.6. The number of nitrogens with zero attached hydrogens (tertiary/aromatic N) is 4. The fraction of sp³-hybridized carbons (Fsp3) is 0.429. The standard InChI is InChI=1S/C21H24N4O2S/c1-13-7-6-8-14(11-13)12-28-19-16-18(24(2)21(27)25(3)20(16)26)22-17(23-19)15-9-4-5-10-15/h6-8,11,15H,4-5,9-10,12H2,1-3H3. The van der Waals surface area contributed by atoms with Gasteiger partial charge in [-0.15, -0.1) is 11.8 Å². The summed E-state index contributed by atoms with van der Waals surface area (Å²) >= 11 is 1.54. The molecule has 1 aliphatic rings. The van der Waals surface area contributed by atoms with Crippen LogP contribution in [0, 0.1) is 6.92 Å². The van der Waals surface area contributed by atoms with Gasteiger partial charge < -0.3 is 0 Å². The van der Waals surface area contributed by atoms with Crippen molar-refractivity contribution in [3.05, 3.63) is 62.1 Å². The minimum Gasteiger partial charge on any atom is -0.280 e. The molecule has 0 bridgehead atoms. The van der Waals surface area contributed by atoms with Gasteiger partial charge in [-0.05, 0) is 25.3 Å². The Morgan fingerprint density at radius 3 is 2.57 bits per heavy atom. The van der Waals surface area contributed by atoms with Crippen LogP contribution in [0.5, 0.6) is 0 Å². The van der Waals surface area contributed by atoms with Crippen LogP contribution in [0.4, 0.5) is 0 Å². The molecule has 0 unspecified atom stereocenters. The second-order valence-electron chi connectivity index (χ2n) is 7.55. The van der Waals surface area contributed by atoms with E-state index >= 15 is 0 Å². The van der Waals surface area contributed by atoms with Gasteiger partial charge in [-0.25, -0.2) is 14.8 Å². The number of aromatic nitrogens is 4. The van der Waals surface area contributed by atoms with Crippen LogP contribution in [-0.4, -0.2) is 19.1 Å². The highest BCUT2D eigenvalue weighted by Gasteiger charge is 2.24. The highest BCUT2D eigenvalue weighted by Crippen LogP contribution is 2.34. The highest BCUT2D eigenvalue weighted by atomic mass is 32.2. The summed E-state index contributed by atoms with van der Waals surface area (Å²) in [6.07, 6.45) is 4.47. The lowest BCUT2D eigenvalue weighted by Crippen LogP contribution is -2.38. The summed E-state index contributed by atoms with van der Waals surface area (Å²) in [4.78, 5) is 34.8. The third-order valence-electron chi connectivity index (χ3n) is 5.46. The molecule has 1 aliphatic carbocycles. The van der Waals surface area contributed by atoms with Crippen molar-refractivity contribution >= 4 is 22.8 Å². The van der Waals surface area contributed by atoms with Crippen LogP contribution in [-0.2, 0) is 19.8 Å². The molecule has 0 aliphatic heterocycles. The Labute approximate surface area is 167 Å². The molecule has 7 heteroatoms. The topological polar surface area (TPSA) is 69.8 Å². The van der Waals surface area contributed by atoms with Crippen LogP contribution in [0.1, 0.15) is 48.6 Å². The largest absolute Gasteiger partial charge is 0.332 e. The zero-order chi connectivity index (χ0) is 19.8. The summed E-state index contributed by atoms with van der Waals surface area (Å²) in [7, 11) is 3.18. The van der Waals surface area contributed by atoms with Crippen molar-refractivity contribution in [1.29, 1.82) is 0 Å². The highest BCUT2D eigenvalue weighted by molar-refractivity contribution is 7.98. The number of hydrogen-bond donors (Lipinski definition) is 0. The molecule has 1 aromatic carbocycles. The molecule has 0 saturated heterocycles. The van der Waals surface area contributed by atoms with Crippen LogP contribution < -0.4 is 11.2 Å². The first-order valence-electron chi connectivity index (χ1n) is 9.61. The summed E-state index contributed by atoms with van der Waals surface area (Å²) in [5.74, 6) is 1.78. The summed E-state index contributed by atoms with van der Waals surface area (Å²) in [6, 6.07) is 8.32. The van der Waals surface area contributed by atoms with Gasteiger partial charge >= 0.3 is 5.69 Å². The van der Waals surface area contributed by atoms with Gasteiger partial charge in [0, 0.05) is 25.8 Å². The lowest BCUT2D eigenvalue weighted by Gasteiger charge is -2.14. The quantitative estimate of drug-likeness (QED) is 0.500. The maximum atomic E-state index is 12.9. The van der Waals surface area contributed by atoms with Crippen LogP contribution in [0.25, 0.3) is 11.0 Å². The Morgan fingerprint density at radius 1 is 1.11 bits per heavy atom. The van der Waals surface area contributed by atoms with E-state index in [0.717, 1.165) is 23.2 Å². The normalized spacial score (nSPS) is 14.8. The molecule has 0 amide bonds. The van der Waals surface area contributed by atoms with E-state index in [1.807, 2.05) is 6.07 Å². The maximum Gasteiger partial charge on any atom is 0.332 e. The molecule has 4 rings (SSSR count). The average Bonchev–Trinajstić information content (AvgIpc) is 3.23. The van der Waals surface area contributed by atoms with Gasteiger partial charge in [0.25, 0.3) is 5.56 Å². The zero-order valence-corrected chi connectivity index (χ0v) is 17.3. The number of rotatable bonds is 4. The lowest BCUT2D eigenvalue weighted by atomic mass is 10.1. The van der Waals surface area contributed by atoms with Crippen molar-refractivity contribution in [2.24, 2.45) is 14.1 Å². The van der Waals surface area contributed by atoms with Gasteiger partial charge in [-0.1, -0.05) is 42.7 Å². The molecule has 146 valence electrons. The number of benzene rings is 1. The smallest absolute Gasteiger partial charge is 0.280 e. The molecule has 0 atom stereocenters. The zero-order valence-electron chi connectivity index (χ0n) is 16.4. The SMILES string of the molecule is Cc1cccc(CSc2nc(C3CCCC3)nc3c2c(=O)n(C)c(=O)n3C)c1. The molecule has 0 radical (unpaired) electrons. The number of fused-ring (bicyclic) bond motifs is 1. The summed E-state index contributed by atoms with van der Waals surface area (Å²) in [5, 5.41) is 1.11. The van der Waals surface area contributed by atoms with Crippen molar-refractivity contribution < 1.29 is 0 Å². The third kappa shape index (κ3) is 3.39. The molecule has 2 aromatic heterocycles. The van der Waals surface area contributed by atoms with E-state index in [1.54, 1.807) is 18.8 Å². The van der Waals surface area contributed by atoms with Gasteiger partial charge in [0.05, 0.1) is 0 Å². The summed E-state index contributed by atoms with van der Waals surface area (Å²) in [5.41, 5.74) is 2.14. The van der Waals surface area contributed by atoms with Gasteiger partial charge in [0.15, 0.2) is 5.65 Å². The second kappa shape index (κ2) is 7.54. The monoisotopic (exact) mass is 396 g/mol. The Kier molecular flexibility index (Phi) is 5.10. The van der Waals surface area contributed by atoms with E-state index in [4.69, 9.17) is 4.98 Å². The second-order valence-corrected chi connectivity index (χ2v) is 8.51. The Hall–Kier alpha value is -2.41. The molecule has 28 heavy (non-hydrogen) atoms. The van der Waals surface area contributed by atoms with Gasteiger partial charge in [-0.3, -0.25) is 13.9 Å². The van der Waals surface area contributed by atoms with Crippen molar-refractivity contribution in [3.63, 3.8) is 0 Å². The van der Waals surface area contributed by atoms with E-state index in [2.05, 4.69) is 30.1 Å². The van der Waals surface area contributed by atoms with Gasteiger partial charge in [0.1, 0.15) is 16.2 Å². The van der Waals surface area contributed by atoms with Crippen molar-refractivity contribution in [2.45, 2.75) is 49.3 Å². The molecule has 1 fully saturated rings. The maximum absolute atomic E-state index is 12.9. The molecule has 0 N–H and O–H groups in total. The van der Waals surface area contributed by atoms with Crippen LogP contribution in [0.3, 0.4) is 0 Å². The predicted octanol–water partition coefficient (Wildman–Crippen LogP) is 3.29. The van der Waals surface area contributed by atoms with Crippen LogP contribution >= 0.6 is 11.8 Å². The molecule has 2 heterocycles. The van der Waals surface area contributed by atoms with E-state index in [1.165, 1.54) is 35.6 Å². The fourth-order valence-electron chi connectivity index (χ4n) is 3.87. The van der Waals surface area contributed by atoms with E-state index in [0.29, 0.717) is 27.7 Å². The molecular weight excluding hydrogens is 372 g/mol. The number of thioether (sulfide) groups is 1. The molecule has 0 spiro atoms. The van der Waals surface area contributed by atoms with Gasteiger partial charge in [0.2, 0.25) is 0 Å². The van der Waals surface area contributed by atoms with E-state index in [-0.39, 0.29) is 11.2 Å². The first-order chi connectivity index (χ1) is 13.5. The van der Waals surface area contributed by atoms with E-state index < -0.39 is 0 Å². The van der Waals surface area contributed by atoms with E-state index in [9.17, 15) is 9.59 Å². The van der Waals surface area contributed by atoms with Crippen LogP contribution in [0.15, 0.2) is 38.9 Å². The lowest BCUT2D eigenvalue weighted by molar-refractivity contribution is 0.648. The summed E-state index contributed by atoms with van der Waals surface area (Å²) in [6.45, 7) is 2.07. The minimum atomic E-state index is -0.358. The molecular formula is C21H24N4O2S. The first kappa shape index (κ1) is 18.9. The Bertz CT molecular complexity index is 1160. The third-order valence-corrected chi connectivity index (χ3v) is 6.51. The average molecular weight is 397 g/mol. The van der Waals surface area contributed by atoms with Crippen molar-refractivity contribution in [2.75, 3.05) is 0 Å². The Morgan fingerprint density at radius 2 is 1.86 bits per heavy atom. The molecule has 6 nitrogen and oxygen atoms in total. The van der Waals surface area contributed by atoms with Crippen molar-refractivity contribution in [3.8, 4) is 0 Å². The Balaban J connectivity index is 1.86. The van der Waals surface area contributed by atoms with Gasteiger partial charge in [-0.2, -0.15) is 0 Å². The molecule has 3 aromatic rings. The molecule has 1 saturated carbocycles. The predicted molar refractivity (Wildman–Crippen MR) is 112 cm³/mol. The minimum absolute atomic E-state index is 0.307. The number of hydrogen-bond acceptors (Lipinski definition) is 5. The fourth-order valence-corrected chi connectivity index (χ4v) is 4.83. The number of aryl methyl sites for hydroxylation is 2. The summed E-state index contributed by atoms with van der Waals surface area (Å²) < 4.78 is 2.60.